The van der Waals surface area contributed by atoms with Crippen molar-refractivity contribution < 1.29 is 22.0 Å². The molecule has 0 atom stereocenters. The number of anilines is 1. The average Bonchev–Trinajstić information content (AvgIpc) is 2.90. The summed E-state index contributed by atoms with van der Waals surface area (Å²) >= 11 is 0. The van der Waals surface area contributed by atoms with Crippen LogP contribution in [0.5, 0.6) is 0 Å². The van der Waals surface area contributed by atoms with E-state index in [0.29, 0.717) is 23.6 Å². The highest BCUT2D eigenvalue weighted by Gasteiger charge is 2.44. The summed E-state index contributed by atoms with van der Waals surface area (Å²) < 4.78 is 52.4. The summed E-state index contributed by atoms with van der Waals surface area (Å²) in [5.41, 5.74) is 0.435. The van der Waals surface area contributed by atoms with Crippen LogP contribution in [0.4, 0.5) is 14.6 Å². The van der Waals surface area contributed by atoms with Gasteiger partial charge in [0, 0.05) is 18.5 Å². The third kappa shape index (κ3) is 3.87. The Balaban J connectivity index is 2.40. The number of carbonyl (C=O) groups is 1. The Hall–Kier alpha value is -2.29. The van der Waals surface area contributed by atoms with Gasteiger partial charge in [-0.05, 0) is 32.0 Å². The molecule has 1 aromatic carbocycles. The molecule has 9 heteroatoms. The van der Waals surface area contributed by atoms with Gasteiger partial charge in [0.25, 0.3) is 0 Å². The van der Waals surface area contributed by atoms with Crippen molar-refractivity contribution in [3.05, 3.63) is 41.6 Å². The maximum Gasteiger partial charge on any atom is 0.246 e. The van der Waals surface area contributed by atoms with Gasteiger partial charge in [0.1, 0.15) is 27.1 Å². The van der Waals surface area contributed by atoms with Gasteiger partial charge in [-0.3, -0.25) is 9.48 Å². The fourth-order valence-corrected chi connectivity index (χ4v) is 3.74. The molecular weight excluding hydrogens is 376 g/mol. The molecule has 0 aliphatic heterocycles. The summed E-state index contributed by atoms with van der Waals surface area (Å²) in [7, 11) is -2.89. The molecule has 1 N–H and O–H groups in total. The second-order valence-electron chi connectivity index (χ2n) is 7.83. The first kappa shape index (κ1) is 21.0. The van der Waals surface area contributed by atoms with Crippen LogP contribution in [0, 0.1) is 11.6 Å². The van der Waals surface area contributed by atoms with Crippen LogP contribution in [0.2, 0.25) is 0 Å². The molecule has 148 valence electrons. The summed E-state index contributed by atoms with van der Waals surface area (Å²) in [6.45, 7) is 8.12. The van der Waals surface area contributed by atoms with Crippen molar-refractivity contribution in [3.8, 4) is 0 Å². The Morgan fingerprint density at radius 1 is 1.11 bits per heavy atom. The van der Waals surface area contributed by atoms with E-state index in [-0.39, 0.29) is 5.41 Å². The van der Waals surface area contributed by atoms with Gasteiger partial charge in [-0.15, -0.1) is 0 Å². The largest absolute Gasteiger partial charge is 0.310 e. The van der Waals surface area contributed by atoms with Crippen LogP contribution in [-0.2, 0) is 27.1 Å². The summed E-state index contributed by atoms with van der Waals surface area (Å²) in [5.74, 6) is -2.61. The minimum atomic E-state index is -4.50. The van der Waals surface area contributed by atoms with Crippen LogP contribution in [0.25, 0.3) is 0 Å². The minimum absolute atomic E-state index is 0.271. The molecule has 0 unspecified atom stereocenters. The smallest absolute Gasteiger partial charge is 0.246 e. The van der Waals surface area contributed by atoms with Crippen LogP contribution in [0.1, 0.15) is 40.3 Å². The van der Waals surface area contributed by atoms with Gasteiger partial charge in [-0.25, -0.2) is 17.2 Å². The molecule has 0 radical (unpaired) electrons. The van der Waals surface area contributed by atoms with E-state index >= 15 is 0 Å². The first-order valence-electron chi connectivity index (χ1n) is 8.23. The summed E-state index contributed by atoms with van der Waals surface area (Å²) in [4.78, 5) is 11.9. The Morgan fingerprint density at radius 3 is 2.22 bits per heavy atom. The van der Waals surface area contributed by atoms with Crippen LogP contribution in [0.15, 0.2) is 29.2 Å². The monoisotopic (exact) mass is 399 g/mol. The zero-order chi connectivity index (χ0) is 20.8. The fourth-order valence-electron chi connectivity index (χ4n) is 2.30. The highest BCUT2D eigenvalue weighted by molar-refractivity contribution is 7.93. The van der Waals surface area contributed by atoms with Crippen molar-refractivity contribution in [3.63, 3.8) is 0 Å². The van der Waals surface area contributed by atoms with E-state index in [4.69, 9.17) is 0 Å². The van der Waals surface area contributed by atoms with Crippen molar-refractivity contribution in [1.29, 1.82) is 0 Å². The number of aryl methyl sites for hydroxylation is 1. The Labute approximate surface area is 157 Å². The minimum Gasteiger partial charge on any atom is -0.310 e. The van der Waals surface area contributed by atoms with Crippen LogP contribution in [-0.4, -0.2) is 28.9 Å². The molecule has 0 saturated heterocycles. The number of nitrogens with one attached hydrogen (secondary N) is 1. The topological polar surface area (TPSA) is 81.1 Å². The molecule has 1 amide bonds. The first-order valence-corrected chi connectivity index (χ1v) is 9.72. The lowest BCUT2D eigenvalue weighted by Crippen LogP contribution is -2.45. The van der Waals surface area contributed by atoms with E-state index in [1.807, 2.05) is 20.8 Å². The van der Waals surface area contributed by atoms with Crippen molar-refractivity contribution in [1.82, 2.24) is 9.78 Å². The number of hydrogen-bond donors (Lipinski definition) is 1. The summed E-state index contributed by atoms with van der Waals surface area (Å²) in [6.07, 6.45) is 0. The lowest BCUT2D eigenvalue weighted by atomic mass is 9.92. The molecule has 2 aromatic rings. The quantitative estimate of drug-likeness (QED) is 0.856. The first-order chi connectivity index (χ1) is 12.2. The normalized spacial score (nSPS) is 12.9. The number of benzene rings is 1. The number of rotatable bonds is 4. The lowest BCUT2D eigenvalue weighted by molar-refractivity contribution is -0.117. The predicted octanol–water partition coefficient (Wildman–Crippen LogP) is 3.19. The molecule has 6 nitrogen and oxygen atoms in total. The molecule has 0 aliphatic carbocycles. The van der Waals surface area contributed by atoms with Gasteiger partial charge in [-0.1, -0.05) is 20.8 Å². The van der Waals surface area contributed by atoms with E-state index in [2.05, 4.69) is 10.4 Å². The van der Waals surface area contributed by atoms with Crippen molar-refractivity contribution in [2.75, 3.05) is 5.32 Å². The SMILES string of the molecule is Cn1nc(C(C)(C)C)cc1NC(=O)C(C)(C)S(=O)(=O)c1cc(F)ccc1F. The molecule has 0 spiro atoms. The highest BCUT2D eigenvalue weighted by Crippen LogP contribution is 2.30. The van der Waals surface area contributed by atoms with Crippen molar-refractivity contribution in [2.24, 2.45) is 7.05 Å². The number of amides is 1. The van der Waals surface area contributed by atoms with E-state index in [1.165, 1.54) is 4.68 Å². The number of aromatic nitrogens is 2. The number of halogens is 2. The number of sulfone groups is 1. The summed E-state index contributed by atoms with van der Waals surface area (Å²) in [5, 5.41) is 6.83. The zero-order valence-corrected chi connectivity index (χ0v) is 16.9. The number of carbonyl (C=O) groups excluding carboxylic acids is 1. The molecule has 1 heterocycles. The third-order valence-corrected chi connectivity index (χ3v) is 6.71. The Morgan fingerprint density at radius 2 is 1.70 bits per heavy atom. The van der Waals surface area contributed by atoms with Crippen LogP contribution in [0.3, 0.4) is 0 Å². The standard InChI is InChI=1S/C18H23F2N3O3S/c1-17(2,3)14-10-15(23(6)22-14)21-16(24)18(4,5)27(25,26)13-9-11(19)7-8-12(13)20/h7-10H,1-6H3,(H,21,24). The van der Waals surface area contributed by atoms with Gasteiger partial charge >= 0.3 is 0 Å². The molecule has 1 aromatic heterocycles. The maximum absolute atomic E-state index is 14.0. The van der Waals surface area contributed by atoms with Gasteiger partial charge < -0.3 is 5.32 Å². The molecular formula is C18H23F2N3O3S. The third-order valence-electron chi connectivity index (χ3n) is 4.29. The van der Waals surface area contributed by atoms with Crippen molar-refractivity contribution >= 4 is 21.6 Å². The van der Waals surface area contributed by atoms with E-state index in [1.54, 1.807) is 13.1 Å². The second-order valence-corrected chi connectivity index (χ2v) is 10.3. The average molecular weight is 399 g/mol. The van der Waals surface area contributed by atoms with Gasteiger partial charge in [-0.2, -0.15) is 5.10 Å². The Bertz CT molecular complexity index is 990. The molecule has 0 aliphatic rings. The number of hydrogen-bond acceptors (Lipinski definition) is 4. The second kappa shape index (κ2) is 6.70. The van der Waals surface area contributed by atoms with Gasteiger partial charge in [0.15, 0.2) is 9.84 Å². The van der Waals surface area contributed by atoms with Gasteiger partial charge in [0.05, 0.1) is 5.69 Å². The molecule has 2 rings (SSSR count). The fraction of sp³-hybridized carbons (Fsp3) is 0.444. The Kier molecular flexibility index (Phi) is 5.22. The molecule has 0 saturated carbocycles. The highest BCUT2D eigenvalue weighted by atomic mass is 32.2. The van der Waals surface area contributed by atoms with E-state index in [0.717, 1.165) is 19.9 Å². The predicted molar refractivity (Wildman–Crippen MR) is 98.2 cm³/mol. The van der Waals surface area contributed by atoms with Crippen LogP contribution >= 0.6 is 0 Å². The molecule has 0 bridgehead atoms. The van der Waals surface area contributed by atoms with Gasteiger partial charge in [0.2, 0.25) is 5.91 Å². The molecule has 27 heavy (non-hydrogen) atoms. The van der Waals surface area contributed by atoms with E-state index < -0.39 is 37.0 Å². The zero-order valence-electron chi connectivity index (χ0n) is 16.1. The lowest BCUT2D eigenvalue weighted by Gasteiger charge is -2.24. The van der Waals surface area contributed by atoms with Crippen molar-refractivity contribution in [2.45, 2.75) is 49.7 Å². The maximum atomic E-state index is 14.0. The summed E-state index contributed by atoms with van der Waals surface area (Å²) in [6, 6.07) is 3.74. The van der Waals surface area contributed by atoms with E-state index in [9.17, 15) is 22.0 Å². The van der Waals surface area contributed by atoms with Crippen LogP contribution < -0.4 is 5.32 Å². The molecule has 0 fully saturated rings. The number of nitrogens with zero attached hydrogens (tertiary/aromatic N) is 2.